The van der Waals surface area contributed by atoms with Gasteiger partial charge in [-0.25, -0.2) is 4.98 Å². The van der Waals surface area contributed by atoms with Gasteiger partial charge in [0.15, 0.2) is 0 Å². The van der Waals surface area contributed by atoms with E-state index in [0.29, 0.717) is 5.95 Å². The molecule has 0 aromatic carbocycles. The van der Waals surface area contributed by atoms with Crippen LogP contribution in [0.3, 0.4) is 0 Å². The van der Waals surface area contributed by atoms with Crippen molar-refractivity contribution < 1.29 is 0 Å². The molecular formula is C12H23N5. The molecule has 0 bridgehead atoms. The fourth-order valence-corrected chi connectivity index (χ4v) is 1.31. The molecule has 17 heavy (non-hydrogen) atoms. The lowest BCUT2D eigenvalue weighted by atomic mass is 10.5. The number of anilines is 2. The van der Waals surface area contributed by atoms with Gasteiger partial charge in [-0.15, -0.1) is 0 Å². The predicted octanol–water partition coefficient (Wildman–Crippen LogP) is 1.66. The Hall–Kier alpha value is -1.36. The molecule has 1 aromatic rings. The van der Waals surface area contributed by atoms with E-state index in [1.54, 1.807) is 6.20 Å². The van der Waals surface area contributed by atoms with E-state index in [1.807, 2.05) is 6.07 Å². The van der Waals surface area contributed by atoms with Crippen LogP contribution in [0.4, 0.5) is 11.8 Å². The van der Waals surface area contributed by atoms with E-state index < -0.39 is 0 Å². The van der Waals surface area contributed by atoms with E-state index in [9.17, 15) is 0 Å². The minimum Gasteiger partial charge on any atom is -0.369 e. The van der Waals surface area contributed by atoms with Crippen molar-refractivity contribution in [3.05, 3.63) is 12.3 Å². The van der Waals surface area contributed by atoms with E-state index in [2.05, 4.69) is 46.4 Å². The highest BCUT2D eigenvalue weighted by atomic mass is 15.2. The molecule has 0 radical (unpaired) electrons. The molecule has 96 valence electrons. The van der Waals surface area contributed by atoms with Crippen LogP contribution < -0.4 is 10.6 Å². The third kappa shape index (κ3) is 5.49. The molecule has 1 aromatic heterocycles. The van der Waals surface area contributed by atoms with Gasteiger partial charge >= 0.3 is 0 Å². The van der Waals surface area contributed by atoms with Gasteiger partial charge in [0, 0.05) is 25.8 Å². The third-order valence-electron chi connectivity index (χ3n) is 2.53. The molecule has 0 unspecified atom stereocenters. The Kier molecular flexibility index (Phi) is 6.32. The second kappa shape index (κ2) is 7.84. The summed E-state index contributed by atoms with van der Waals surface area (Å²) in [5.41, 5.74) is 0. The Morgan fingerprint density at radius 3 is 2.76 bits per heavy atom. The molecular weight excluding hydrogens is 214 g/mol. The van der Waals surface area contributed by atoms with Crippen LogP contribution in [0.2, 0.25) is 0 Å². The Balaban J connectivity index is 2.37. The van der Waals surface area contributed by atoms with Gasteiger partial charge in [-0.1, -0.05) is 13.8 Å². The molecule has 0 aliphatic rings. The fourth-order valence-electron chi connectivity index (χ4n) is 1.31. The molecule has 5 nitrogen and oxygen atoms in total. The lowest BCUT2D eigenvalue weighted by Gasteiger charge is -2.14. The summed E-state index contributed by atoms with van der Waals surface area (Å²) in [4.78, 5) is 10.8. The first-order valence-corrected chi connectivity index (χ1v) is 6.25. The average Bonchev–Trinajstić information content (AvgIpc) is 2.36. The standard InChI is InChI=1S/C12H23N5/c1-4-7-14-12-15-8-6-11(16-12)13-9-10-17(3)5-2/h6,8H,4-5,7,9-10H2,1-3H3,(H2,13,14,15,16). The highest BCUT2D eigenvalue weighted by molar-refractivity contribution is 5.39. The predicted molar refractivity (Wildman–Crippen MR) is 72.5 cm³/mol. The van der Waals surface area contributed by atoms with Gasteiger partial charge in [0.05, 0.1) is 0 Å². The van der Waals surface area contributed by atoms with Crippen molar-refractivity contribution in [2.45, 2.75) is 20.3 Å². The lowest BCUT2D eigenvalue weighted by molar-refractivity contribution is 0.367. The van der Waals surface area contributed by atoms with Crippen molar-refractivity contribution in [1.82, 2.24) is 14.9 Å². The molecule has 0 atom stereocenters. The molecule has 2 N–H and O–H groups in total. The van der Waals surface area contributed by atoms with Crippen molar-refractivity contribution in [1.29, 1.82) is 0 Å². The largest absolute Gasteiger partial charge is 0.369 e. The first-order valence-electron chi connectivity index (χ1n) is 6.25. The number of nitrogens with zero attached hydrogens (tertiary/aromatic N) is 3. The molecule has 0 saturated heterocycles. The van der Waals surface area contributed by atoms with Crippen LogP contribution >= 0.6 is 0 Å². The maximum Gasteiger partial charge on any atom is 0.224 e. The summed E-state index contributed by atoms with van der Waals surface area (Å²) < 4.78 is 0. The van der Waals surface area contributed by atoms with Crippen LogP contribution in [-0.2, 0) is 0 Å². The van der Waals surface area contributed by atoms with E-state index >= 15 is 0 Å². The summed E-state index contributed by atoms with van der Waals surface area (Å²) in [7, 11) is 2.11. The van der Waals surface area contributed by atoms with Crippen LogP contribution in [0.5, 0.6) is 0 Å². The van der Waals surface area contributed by atoms with E-state index in [1.165, 1.54) is 0 Å². The van der Waals surface area contributed by atoms with Gasteiger partial charge in [-0.05, 0) is 26.1 Å². The normalized spacial score (nSPS) is 10.6. The van der Waals surface area contributed by atoms with Gasteiger partial charge < -0.3 is 15.5 Å². The van der Waals surface area contributed by atoms with Crippen LogP contribution in [-0.4, -0.2) is 48.1 Å². The minimum absolute atomic E-state index is 0.695. The smallest absolute Gasteiger partial charge is 0.224 e. The quantitative estimate of drug-likeness (QED) is 0.720. The van der Waals surface area contributed by atoms with Crippen LogP contribution in [0.25, 0.3) is 0 Å². The van der Waals surface area contributed by atoms with Crippen LogP contribution in [0.15, 0.2) is 12.3 Å². The number of aromatic nitrogens is 2. The summed E-state index contributed by atoms with van der Waals surface area (Å²) in [6.07, 6.45) is 2.85. The lowest BCUT2D eigenvalue weighted by Crippen LogP contribution is -2.25. The Labute approximate surface area is 104 Å². The summed E-state index contributed by atoms with van der Waals surface area (Å²) in [5, 5.41) is 6.47. The average molecular weight is 237 g/mol. The monoisotopic (exact) mass is 237 g/mol. The van der Waals surface area contributed by atoms with Crippen molar-refractivity contribution in [3.63, 3.8) is 0 Å². The van der Waals surface area contributed by atoms with Crippen LogP contribution in [0.1, 0.15) is 20.3 Å². The van der Waals surface area contributed by atoms with E-state index in [4.69, 9.17) is 0 Å². The molecule has 0 fully saturated rings. The zero-order chi connectivity index (χ0) is 12.5. The molecule has 1 rings (SSSR count). The third-order valence-corrected chi connectivity index (χ3v) is 2.53. The maximum absolute atomic E-state index is 4.38. The van der Waals surface area contributed by atoms with Crippen molar-refractivity contribution in [2.75, 3.05) is 43.9 Å². The Morgan fingerprint density at radius 1 is 1.24 bits per heavy atom. The SMILES string of the molecule is CCCNc1nccc(NCCN(C)CC)n1. The summed E-state index contributed by atoms with van der Waals surface area (Å²) >= 11 is 0. The van der Waals surface area contributed by atoms with Crippen molar-refractivity contribution >= 4 is 11.8 Å². The molecule has 0 amide bonds. The number of hydrogen-bond acceptors (Lipinski definition) is 5. The number of hydrogen-bond donors (Lipinski definition) is 2. The Bertz CT molecular complexity index is 316. The Morgan fingerprint density at radius 2 is 2.06 bits per heavy atom. The first-order chi connectivity index (χ1) is 8.26. The highest BCUT2D eigenvalue weighted by Gasteiger charge is 1.98. The highest BCUT2D eigenvalue weighted by Crippen LogP contribution is 2.05. The molecule has 0 aliphatic carbocycles. The number of likely N-dealkylation sites (N-methyl/N-ethyl adjacent to an activating group) is 1. The fraction of sp³-hybridized carbons (Fsp3) is 0.667. The van der Waals surface area contributed by atoms with Crippen LogP contribution in [0, 0.1) is 0 Å². The number of nitrogens with one attached hydrogen (secondary N) is 2. The molecule has 1 heterocycles. The van der Waals surface area contributed by atoms with E-state index in [-0.39, 0.29) is 0 Å². The molecule has 0 saturated carbocycles. The van der Waals surface area contributed by atoms with Crippen molar-refractivity contribution in [2.24, 2.45) is 0 Å². The first kappa shape index (κ1) is 13.7. The maximum atomic E-state index is 4.38. The summed E-state index contributed by atoms with van der Waals surface area (Å²) in [6, 6.07) is 1.89. The molecule has 0 aliphatic heterocycles. The summed E-state index contributed by atoms with van der Waals surface area (Å²) in [5.74, 6) is 1.57. The van der Waals surface area contributed by atoms with E-state index in [0.717, 1.165) is 38.4 Å². The molecule has 0 spiro atoms. The van der Waals surface area contributed by atoms with Crippen molar-refractivity contribution in [3.8, 4) is 0 Å². The zero-order valence-corrected chi connectivity index (χ0v) is 11.0. The van der Waals surface area contributed by atoms with Gasteiger partial charge in [0.1, 0.15) is 5.82 Å². The second-order valence-corrected chi connectivity index (χ2v) is 4.01. The van der Waals surface area contributed by atoms with Gasteiger partial charge in [0.25, 0.3) is 0 Å². The zero-order valence-electron chi connectivity index (χ0n) is 11.0. The van der Waals surface area contributed by atoms with Gasteiger partial charge in [0.2, 0.25) is 5.95 Å². The molecule has 5 heteroatoms. The topological polar surface area (TPSA) is 53.1 Å². The second-order valence-electron chi connectivity index (χ2n) is 4.01. The van der Waals surface area contributed by atoms with Gasteiger partial charge in [-0.3, -0.25) is 0 Å². The minimum atomic E-state index is 0.695. The number of rotatable bonds is 8. The summed E-state index contributed by atoms with van der Waals surface area (Å²) in [6.45, 7) is 8.15. The van der Waals surface area contributed by atoms with Gasteiger partial charge in [-0.2, -0.15) is 4.98 Å².